The highest BCUT2D eigenvalue weighted by Gasteiger charge is 2.03. The summed E-state index contributed by atoms with van der Waals surface area (Å²) in [6.45, 7) is 3.80. The van der Waals surface area contributed by atoms with Crippen LogP contribution in [0.2, 0.25) is 0 Å². The lowest BCUT2D eigenvalue weighted by atomic mass is 10.1. The van der Waals surface area contributed by atoms with Crippen molar-refractivity contribution in [2.75, 3.05) is 0 Å². The Hall–Kier alpha value is -1.06. The molecule has 0 atom stereocenters. The molecule has 0 spiro atoms. The van der Waals surface area contributed by atoms with Crippen molar-refractivity contribution >= 4 is 15.9 Å². The van der Waals surface area contributed by atoms with Gasteiger partial charge < -0.3 is 9.73 Å². The first-order valence-electron chi connectivity index (χ1n) is 5.80. The van der Waals surface area contributed by atoms with Gasteiger partial charge in [0.15, 0.2) is 0 Å². The Morgan fingerprint density at radius 1 is 1.12 bits per heavy atom. The van der Waals surface area contributed by atoms with E-state index >= 15 is 0 Å². The van der Waals surface area contributed by atoms with Gasteiger partial charge in [-0.25, -0.2) is 0 Å². The van der Waals surface area contributed by atoms with Crippen LogP contribution in [0.25, 0.3) is 0 Å². The van der Waals surface area contributed by atoms with E-state index < -0.39 is 0 Å². The van der Waals surface area contributed by atoms with Crippen molar-refractivity contribution in [2.45, 2.75) is 26.4 Å². The molecule has 0 amide bonds. The zero-order chi connectivity index (χ0) is 12.1. The fourth-order valence-electron chi connectivity index (χ4n) is 1.84. The van der Waals surface area contributed by atoms with Gasteiger partial charge in [0.2, 0.25) is 0 Å². The quantitative estimate of drug-likeness (QED) is 0.905. The summed E-state index contributed by atoms with van der Waals surface area (Å²) in [5.74, 6) is 0.943. The van der Waals surface area contributed by atoms with E-state index in [1.165, 1.54) is 11.1 Å². The number of halogens is 1. The van der Waals surface area contributed by atoms with Crippen molar-refractivity contribution < 1.29 is 4.42 Å². The van der Waals surface area contributed by atoms with Gasteiger partial charge in [0.25, 0.3) is 0 Å². The van der Waals surface area contributed by atoms with Crippen molar-refractivity contribution in [2.24, 2.45) is 0 Å². The van der Waals surface area contributed by atoms with Crippen molar-refractivity contribution in [3.8, 4) is 0 Å². The standard InChI is InChI=1S/C14H16BrNO/c1-2-11-5-3-4-6-12(11)9-16-10-14-13(15)7-8-17-14/h3-8,16H,2,9-10H2,1H3. The third kappa shape index (κ3) is 3.20. The molecule has 0 saturated heterocycles. The van der Waals surface area contributed by atoms with Gasteiger partial charge in [0.05, 0.1) is 17.3 Å². The van der Waals surface area contributed by atoms with Gasteiger partial charge in [-0.3, -0.25) is 0 Å². The van der Waals surface area contributed by atoms with E-state index in [9.17, 15) is 0 Å². The molecule has 2 nitrogen and oxygen atoms in total. The molecule has 2 rings (SSSR count). The summed E-state index contributed by atoms with van der Waals surface area (Å²) in [5.41, 5.74) is 2.76. The van der Waals surface area contributed by atoms with E-state index in [0.29, 0.717) is 0 Å². The highest BCUT2D eigenvalue weighted by atomic mass is 79.9. The number of benzene rings is 1. The fraction of sp³-hybridized carbons (Fsp3) is 0.286. The Labute approximate surface area is 110 Å². The van der Waals surface area contributed by atoms with Crippen molar-refractivity contribution in [3.05, 3.63) is 58.0 Å². The minimum absolute atomic E-state index is 0.742. The van der Waals surface area contributed by atoms with Gasteiger partial charge in [0.1, 0.15) is 5.76 Å². The maximum Gasteiger partial charge on any atom is 0.131 e. The number of rotatable bonds is 5. The van der Waals surface area contributed by atoms with E-state index in [-0.39, 0.29) is 0 Å². The number of furan rings is 1. The zero-order valence-electron chi connectivity index (χ0n) is 9.87. The number of hydrogen-bond acceptors (Lipinski definition) is 2. The highest BCUT2D eigenvalue weighted by Crippen LogP contribution is 2.17. The molecule has 17 heavy (non-hydrogen) atoms. The molecule has 0 aliphatic heterocycles. The van der Waals surface area contributed by atoms with Crippen molar-refractivity contribution in [3.63, 3.8) is 0 Å². The molecule has 3 heteroatoms. The maximum absolute atomic E-state index is 5.35. The predicted molar refractivity (Wildman–Crippen MR) is 72.8 cm³/mol. The Bertz CT molecular complexity index is 479. The Balaban J connectivity index is 1.92. The van der Waals surface area contributed by atoms with Crippen LogP contribution >= 0.6 is 15.9 Å². The summed E-state index contributed by atoms with van der Waals surface area (Å²) in [6, 6.07) is 10.4. The molecule has 0 bridgehead atoms. The third-order valence-corrected chi connectivity index (χ3v) is 3.50. The van der Waals surface area contributed by atoms with Crippen molar-refractivity contribution in [1.82, 2.24) is 5.32 Å². The molecule has 0 aliphatic rings. The fourth-order valence-corrected chi connectivity index (χ4v) is 2.18. The average Bonchev–Trinajstić information content (AvgIpc) is 2.76. The normalized spacial score (nSPS) is 10.7. The molecule has 90 valence electrons. The van der Waals surface area contributed by atoms with Crippen LogP contribution in [0.3, 0.4) is 0 Å². The molecule has 0 radical (unpaired) electrons. The molecule has 0 aliphatic carbocycles. The summed E-state index contributed by atoms with van der Waals surface area (Å²) in [4.78, 5) is 0. The maximum atomic E-state index is 5.35. The first-order chi connectivity index (χ1) is 8.31. The minimum Gasteiger partial charge on any atom is -0.467 e. The van der Waals surface area contributed by atoms with Gasteiger partial charge in [-0.05, 0) is 39.5 Å². The molecule has 0 saturated carbocycles. The number of nitrogens with one attached hydrogen (secondary N) is 1. The largest absolute Gasteiger partial charge is 0.467 e. The molecule has 1 aromatic heterocycles. The van der Waals surface area contributed by atoms with Gasteiger partial charge in [-0.1, -0.05) is 31.2 Å². The molecule has 2 aromatic rings. The first kappa shape index (κ1) is 12.4. The van der Waals surface area contributed by atoms with Crippen LogP contribution in [0.15, 0.2) is 45.5 Å². The zero-order valence-corrected chi connectivity index (χ0v) is 11.5. The topological polar surface area (TPSA) is 25.2 Å². The van der Waals surface area contributed by atoms with Crippen LogP contribution in [-0.2, 0) is 19.5 Å². The van der Waals surface area contributed by atoms with E-state index in [2.05, 4.69) is 52.4 Å². The average molecular weight is 294 g/mol. The SMILES string of the molecule is CCc1ccccc1CNCc1occc1Br. The lowest BCUT2D eigenvalue weighted by Gasteiger charge is -2.08. The first-order valence-corrected chi connectivity index (χ1v) is 6.60. The number of aryl methyl sites for hydroxylation is 1. The van der Waals surface area contributed by atoms with E-state index in [1.54, 1.807) is 6.26 Å². The van der Waals surface area contributed by atoms with Gasteiger partial charge >= 0.3 is 0 Å². The summed E-state index contributed by atoms with van der Waals surface area (Å²) < 4.78 is 6.37. The molecule has 1 heterocycles. The van der Waals surface area contributed by atoms with Crippen LogP contribution in [0, 0.1) is 0 Å². The van der Waals surface area contributed by atoms with Crippen LogP contribution in [0.4, 0.5) is 0 Å². The molecular weight excluding hydrogens is 278 g/mol. The monoisotopic (exact) mass is 293 g/mol. The highest BCUT2D eigenvalue weighted by molar-refractivity contribution is 9.10. The summed E-state index contributed by atoms with van der Waals surface area (Å²) in [6.07, 6.45) is 2.77. The Morgan fingerprint density at radius 2 is 1.88 bits per heavy atom. The number of hydrogen-bond donors (Lipinski definition) is 1. The Morgan fingerprint density at radius 3 is 2.53 bits per heavy atom. The summed E-state index contributed by atoms with van der Waals surface area (Å²) in [7, 11) is 0. The third-order valence-electron chi connectivity index (χ3n) is 2.79. The van der Waals surface area contributed by atoms with Crippen LogP contribution in [-0.4, -0.2) is 0 Å². The molecule has 0 unspecified atom stereocenters. The minimum atomic E-state index is 0.742. The molecule has 0 fully saturated rings. The van der Waals surface area contributed by atoms with E-state index in [1.807, 2.05) is 6.07 Å². The molecule has 1 N–H and O–H groups in total. The van der Waals surface area contributed by atoms with Gasteiger partial charge in [-0.15, -0.1) is 0 Å². The predicted octanol–water partition coefficient (Wildman–Crippen LogP) is 3.89. The smallest absolute Gasteiger partial charge is 0.131 e. The van der Waals surface area contributed by atoms with Gasteiger partial charge in [0, 0.05) is 6.54 Å². The second kappa shape index (κ2) is 6.03. The molecular formula is C14H16BrNO. The van der Waals surface area contributed by atoms with E-state index in [4.69, 9.17) is 4.42 Å². The van der Waals surface area contributed by atoms with Crippen LogP contribution in [0.1, 0.15) is 23.8 Å². The van der Waals surface area contributed by atoms with Crippen molar-refractivity contribution in [1.29, 1.82) is 0 Å². The lowest BCUT2D eigenvalue weighted by Crippen LogP contribution is -2.13. The van der Waals surface area contributed by atoms with Gasteiger partial charge in [-0.2, -0.15) is 0 Å². The van der Waals surface area contributed by atoms with Crippen LogP contribution < -0.4 is 5.32 Å². The second-order valence-electron chi connectivity index (χ2n) is 3.92. The Kier molecular flexibility index (Phi) is 4.40. The summed E-state index contributed by atoms with van der Waals surface area (Å²) in [5, 5.41) is 3.40. The van der Waals surface area contributed by atoms with Crippen LogP contribution in [0.5, 0.6) is 0 Å². The second-order valence-corrected chi connectivity index (χ2v) is 4.77. The lowest BCUT2D eigenvalue weighted by molar-refractivity contribution is 0.480. The molecule has 1 aromatic carbocycles. The van der Waals surface area contributed by atoms with E-state index in [0.717, 1.165) is 29.7 Å². The summed E-state index contributed by atoms with van der Waals surface area (Å²) >= 11 is 3.45.